The van der Waals surface area contributed by atoms with E-state index in [1.165, 1.54) is 11.3 Å². The number of hydrogen-bond acceptors (Lipinski definition) is 3. The lowest BCUT2D eigenvalue weighted by molar-refractivity contribution is 0.102. The molecule has 2 heterocycles. The molecular formula is C18H11ClIN3OS. The van der Waals surface area contributed by atoms with Crippen LogP contribution >= 0.6 is 45.5 Å². The molecule has 25 heavy (non-hydrogen) atoms. The van der Waals surface area contributed by atoms with Crippen LogP contribution in [0.3, 0.4) is 0 Å². The summed E-state index contributed by atoms with van der Waals surface area (Å²) in [4.78, 5) is 20.2. The highest BCUT2D eigenvalue weighted by atomic mass is 127. The lowest BCUT2D eigenvalue weighted by Gasteiger charge is -2.04. The molecule has 0 fully saturated rings. The van der Waals surface area contributed by atoms with E-state index in [9.17, 15) is 4.79 Å². The molecule has 0 atom stereocenters. The standard InChI is InChI=1S/C18H11ClIN3OS/c19-10-5-6-12(14(20)7-10)17(24)23-18-22-16(9-25-18)13-8-21-15-4-2-1-3-11(13)15/h1-9,21H,(H,22,23,24). The number of nitrogens with one attached hydrogen (secondary N) is 2. The van der Waals surface area contributed by atoms with Crippen molar-refractivity contribution >= 4 is 67.5 Å². The Bertz CT molecular complexity index is 1090. The van der Waals surface area contributed by atoms with Crippen LogP contribution in [0.15, 0.2) is 54.0 Å². The Kier molecular flexibility index (Phi) is 4.49. The fourth-order valence-corrected chi connectivity index (χ4v) is 4.40. The Balaban J connectivity index is 1.60. The van der Waals surface area contributed by atoms with Crippen molar-refractivity contribution in [3.05, 3.63) is 68.2 Å². The Morgan fingerprint density at radius 2 is 2.08 bits per heavy atom. The van der Waals surface area contributed by atoms with E-state index >= 15 is 0 Å². The number of nitrogens with zero attached hydrogens (tertiary/aromatic N) is 1. The number of carbonyl (C=O) groups is 1. The first-order valence-electron chi connectivity index (χ1n) is 7.40. The van der Waals surface area contributed by atoms with Gasteiger partial charge < -0.3 is 4.98 Å². The Labute approximate surface area is 166 Å². The molecule has 0 unspecified atom stereocenters. The molecule has 4 nitrogen and oxygen atoms in total. The summed E-state index contributed by atoms with van der Waals surface area (Å²) in [6.07, 6.45) is 1.94. The van der Waals surface area contributed by atoms with Crippen molar-refractivity contribution in [3.8, 4) is 11.3 Å². The predicted octanol–water partition coefficient (Wildman–Crippen LogP) is 5.80. The molecule has 2 aromatic carbocycles. The number of anilines is 1. The number of thiazole rings is 1. The summed E-state index contributed by atoms with van der Waals surface area (Å²) in [7, 11) is 0. The summed E-state index contributed by atoms with van der Waals surface area (Å²) in [6, 6.07) is 13.2. The normalized spacial score (nSPS) is 11.0. The smallest absolute Gasteiger partial charge is 0.258 e. The summed E-state index contributed by atoms with van der Waals surface area (Å²) in [6.45, 7) is 0. The minimum absolute atomic E-state index is 0.194. The van der Waals surface area contributed by atoms with Gasteiger partial charge in [-0.2, -0.15) is 0 Å². The van der Waals surface area contributed by atoms with E-state index in [0.717, 1.165) is 25.7 Å². The largest absolute Gasteiger partial charge is 0.360 e. The number of benzene rings is 2. The van der Waals surface area contributed by atoms with Crippen molar-refractivity contribution in [1.82, 2.24) is 9.97 Å². The maximum Gasteiger partial charge on any atom is 0.258 e. The summed E-state index contributed by atoms with van der Waals surface area (Å²) in [5.74, 6) is -0.194. The second-order valence-corrected chi connectivity index (χ2v) is 7.82. The molecule has 0 aliphatic carbocycles. The van der Waals surface area contributed by atoms with Crippen molar-refractivity contribution < 1.29 is 4.79 Å². The average molecular weight is 480 g/mol. The monoisotopic (exact) mass is 479 g/mol. The Morgan fingerprint density at radius 1 is 1.24 bits per heavy atom. The van der Waals surface area contributed by atoms with Crippen LogP contribution in [-0.2, 0) is 0 Å². The minimum Gasteiger partial charge on any atom is -0.360 e. The zero-order chi connectivity index (χ0) is 17.4. The highest BCUT2D eigenvalue weighted by Gasteiger charge is 2.14. The van der Waals surface area contributed by atoms with Crippen molar-refractivity contribution in [2.24, 2.45) is 0 Å². The molecule has 2 N–H and O–H groups in total. The number of halogens is 2. The van der Waals surface area contributed by atoms with Gasteiger partial charge in [-0.25, -0.2) is 4.98 Å². The van der Waals surface area contributed by atoms with Crippen LogP contribution in [0.25, 0.3) is 22.2 Å². The number of rotatable bonds is 3. The SMILES string of the molecule is O=C(Nc1nc(-c2c[nH]c3ccccc23)cs1)c1ccc(Cl)cc1I. The second-order valence-electron chi connectivity index (χ2n) is 5.36. The quantitative estimate of drug-likeness (QED) is 0.365. The first-order chi connectivity index (χ1) is 12.1. The molecule has 1 amide bonds. The van der Waals surface area contributed by atoms with E-state index in [0.29, 0.717) is 15.7 Å². The third kappa shape index (κ3) is 3.29. The molecule has 7 heteroatoms. The fourth-order valence-electron chi connectivity index (χ4n) is 2.58. The molecule has 0 saturated heterocycles. The third-order valence-electron chi connectivity index (χ3n) is 3.77. The van der Waals surface area contributed by atoms with Gasteiger partial charge in [0.2, 0.25) is 0 Å². The van der Waals surface area contributed by atoms with Crippen LogP contribution < -0.4 is 5.32 Å². The maximum atomic E-state index is 12.5. The van der Waals surface area contributed by atoms with Gasteiger partial charge in [-0.05, 0) is 46.9 Å². The number of amides is 1. The molecule has 0 saturated carbocycles. The fraction of sp³-hybridized carbons (Fsp3) is 0. The average Bonchev–Trinajstić information content (AvgIpc) is 3.21. The lowest BCUT2D eigenvalue weighted by Crippen LogP contribution is -2.13. The molecule has 0 spiro atoms. The molecule has 124 valence electrons. The number of H-pyrrole nitrogens is 1. The molecule has 0 aliphatic rings. The van der Waals surface area contributed by atoms with Gasteiger partial charge in [0, 0.05) is 36.6 Å². The topological polar surface area (TPSA) is 57.8 Å². The number of para-hydroxylation sites is 1. The molecule has 0 bridgehead atoms. The molecular weight excluding hydrogens is 469 g/mol. The molecule has 0 aliphatic heterocycles. The first kappa shape index (κ1) is 16.6. The maximum absolute atomic E-state index is 12.5. The predicted molar refractivity (Wildman–Crippen MR) is 112 cm³/mol. The van der Waals surface area contributed by atoms with Crippen LogP contribution in [0.4, 0.5) is 5.13 Å². The van der Waals surface area contributed by atoms with Gasteiger partial charge in [0.1, 0.15) is 0 Å². The third-order valence-corrected chi connectivity index (χ3v) is 5.65. The highest BCUT2D eigenvalue weighted by molar-refractivity contribution is 14.1. The van der Waals surface area contributed by atoms with Gasteiger partial charge in [-0.1, -0.05) is 29.8 Å². The van der Waals surface area contributed by atoms with E-state index in [1.54, 1.807) is 18.2 Å². The van der Waals surface area contributed by atoms with E-state index in [-0.39, 0.29) is 5.91 Å². The second kappa shape index (κ2) is 6.78. The van der Waals surface area contributed by atoms with Gasteiger partial charge in [0.15, 0.2) is 5.13 Å². The van der Waals surface area contributed by atoms with Crippen molar-refractivity contribution in [1.29, 1.82) is 0 Å². The number of hydrogen-bond donors (Lipinski definition) is 2. The number of fused-ring (bicyclic) bond motifs is 1. The van der Waals surface area contributed by atoms with Crippen molar-refractivity contribution in [2.45, 2.75) is 0 Å². The Morgan fingerprint density at radius 3 is 2.92 bits per heavy atom. The van der Waals surface area contributed by atoms with Gasteiger partial charge in [0.25, 0.3) is 5.91 Å². The summed E-state index contributed by atoms with van der Waals surface area (Å²) < 4.78 is 0.802. The van der Waals surface area contributed by atoms with Gasteiger partial charge in [-0.15, -0.1) is 11.3 Å². The van der Waals surface area contributed by atoms with Crippen LogP contribution in [0, 0.1) is 3.57 Å². The molecule has 4 rings (SSSR count). The van der Waals surface area contributed by atoms with Gasteiger partial charge in [-0.3, -0.25) is 10.1 Å². The van der Waals surface area contributed by atoms with Gasteiger partial charge in [0.05, 0.1) is 11.3 Å². The summed E-state index contributed by atoms with van der Waals surface area (Å²) in [5.41, 5.74) is 3.50. The molecule has 2 aromatic heterocycles. The zero-order valence-corrected chi connectivity index (χ0v) is 16.4. The molecule has 0 radical (unpaired) electrons. The summed E-state index contributed by atoms with van der Waals surface area (Å²) in [5, 5.41) is 7.08. The van der Waals surface area contributed by atoms with E-state index in [2.05, 4.69) is 43.9 Å². The van der Waals surface area contributed by atoms with Crippen molar-refractivity contribution in [2.75, 3.05) is 5.32 Å². The van der Waals surface area contributed by atoms with E-state index in [1.807, 2.05) is 29.8 Å². The van der Waals surface area contributed by atoms with Crippen molar-refractivity contribution in [3.63, 3.8) is 0 Å². The van der Waals surface area contributed by atoms with E-state index in [4.69, 9.17) is 11.6 Å². The van der Waals surface area contributed by atoms with Gasteiger partial charge >= 0.3 is 0 Å². The number of aromatic nitrogens is 2. The Hall–Kier alpha value is -1.90. The minimum atomic E-state index is -0.194. The first-order valence-corrected chi connectivity index (χ1v) is 9.74. The van der Waals surface area contributed by atoms with Crippen LogP contribution in [-0.4, -0.2) is 15.9 Å². The number of aromatic amines is 1. The van der Waals surface area contributed by atoms with E-state index < -0.39 is 0 Å². The lowest BCUT2D eigenvalue weighted by atomic mass is 10.1. The van der Waals surface area contributed by atoms with Crippen LogP contribution in [0.5, 0.6) is 0 Å². The molecule has 4 aromatic rings. The van der Waals surface area contributed by atoms with Crippen LogP contribution in [0.1, 0.15) is 10.4 Å². The number of carbonyl (C=O) groups excluding carboxylic acids is 1. The van der Waals surface area contributed by atoms with Crippen LogP contribution in [0.2, 0.25) is 5.02 Å². The zero-order valence-electron chi connectivity index (χ0n) is 12.7. The summed E-state index contributed by atoms with van der Waals surface area (Å²) >= 11 is 9.44. The highest BCUT2D eigenvalue weighted by Crippen LogP contribution is 2.31.